The van der Waals surface area contributed by atoms with E-state index in [0.717, 1.165) is 21.4 Å². The zero-order valence-electron chi connectivity index (χ0n) is 13.5. The van der Waals surface area contributed by atoms with Gasteiger partial charge < -0.3 is 10.1 Å². The second-order valence-electron chi connectivity index (χ2n) is 5.07. The fraction of sp³-hybridized carbons (Fsp3) is 0.412. The van der Waals surface area contributed by atoms with Crippen molar-refractivity contribution in [1.82, 2.24) is 5.32 Å². The molecule has 0 saturated heterocycles. The van der Waals surface area contributed by atoms with Crippen LogP contribution in [0.2, 0.25) is 0 Å². The van der Waals surface area contributed by atoms with E-state index in [0.29, 0.717) is 24.4 Å². The number of allylic oxidation sites excluding steroid dienone is 3. The number of carbonyl (C=O) groups excluding carboxylic acids is 1. The second-order valence-corrected chi connectivity index (χ2v) is 7.15. The molecule has 0 aliphatic carbocycles. The third-order valence-corrected chi connectivity index (χ3v) is 5.45. The first kappa shape index (κ1) is 17.8. The lowest BCUT2D eigenvalue weighted by molar-refractivity contribution is -0.113. The van der Waals surface area contributed by atoms with Crippen LogP contribution in [0.1, 0.15) is 31.6 Å². The minimum atomic E-state index is -0.270. The molecule has 2 rings (SSSR count). The molecule has 0 bridgehead atoms. The number of hydrogen-bond acceptors (Lipinski definition) is 6. The van der Waals surface area contributed by atoms with E-state index in [-0.39, 0.29) is 11.7 Å². The zero-order chi connectivity index (χ0) is 16.8. The molecule has 0 amide bonds. The molecule has 23 heavy (non-hydrogen) atoms. The lowest BCUT2D eigenvalue weighted by Gasteiger charge is -2.28. The Morgan fingerprint density at radius 2 is 2.35 bits per heavy atom. The van der Waals surface area contributed by atoms with E-state index in [1.807, 2.05) is 31.4 Å². The highest BCUT2D eigenvalue weighted by Gasteiger charge is 2.33. The molecule has 1 aromatic rings. The van der Waals surface area contributed by atoms with Crippen molar-refractivity contribution in [2.75, 3.05) is 19.0 Å². The van der Waals surface area contributed by atoms with Gasteiger partial charge in [-0.2, -0.15) is 5.26 Å². The van der Waals surface area contributed by atoms with Crippen LogP contribution in [0.25, 0.3) is 0 Å². The van der Waals surface area contributed by atoms with Gasteiger partial charge in [0.1, 0.15) is 0 Å². The van der Waals surface area contributed by atoms with E-state index >= 15 is 0 Å². The van der Waals surface area contributed by atoms with E-state index in [4.69, 9.17) is 4.74 Å². The Hall–Kier alpha value is -1.55. The van der Waals surface area contributed by atoms with Crippen molar-refractivity contribution in [3.63, 3.8) is 0 Å². The molecule has 0 spiro atoms. The molecule has 122 valence electrons. The highest BCUT2D eigenvalue weighted by molar-refractivity contribution is 8.03. The minimum Gasteiger partial charge on any atom is -0.381 e. The van der Waals surface area contributed by atoms with Crippen LogP contribution in [0.4, 0.5) is 0 Å². The molecule has 1 aliphatic rings. The van der Waals surface area contributed by atoms with Gasteiger partial charge in [-0.1, -0.05) is 6.07 Å². The molecule has 2 heterocycles. The van der Waals surface area contributed by atoms with Gasteiger partial charge in [0, 0.05) is 28.5 Å². The standard InChI is InChI=1S/C17H20N2O2S2/c1-4-21-7-9-23-17-13(10-18)16(14-6-5-8-22-14)15(12(3)20)11(2)19-17/h5-6,8,16,19H,4,7,9H2,1-3H3/t16-/m1/s1. The summed E-state index contributed by atoms with van der Waals surface area (Å²) in [6.07, 6.45) is 0. The smallest absolute Gasteiger partial charge is 0.158 e. The molecule has 1 N–H and O–H groups in total. The Kier molecular flexibility index (Phi) is 6.46. The van der Waals surface area contributed by atoms with Crippen LogP contribution in [-0.4, -0.2) is 24.7 Å². The van der Waals surface area contributed by atoms with Gasteiger partial charge in [-0.15, -0.1) is 23.1 Å². The number of ether oxygens (including phenoxy) is 1. The van der Waals surface area contributed by atoms with E-state index in [1.165, 1.54) is 0 Å². The fourth-order valence-corrected chi connectivity index (χ4v) is 4.37. The highest BCUT2D eigenvalue weighted by Crippen LogP contribution is 2.42. The molecule has 0 unspecified atom stereocenters. The van der Waals surface area contributed by atoms with Crippen molar-refractivity contribution >= 4 is 28.9 Å². The van der Waals surface area contributed by atoms with Gasteiger partial charge in [0.25, 0.3) is 0 Å². The van der Waals surface area contributed by atoms with Gasteiger partial charge in [-0.25, -0.2) is 0 Å². The first-order valence-electron chi connectivity index (χ1n) is 7.47. The first-order chi connectivity index (χ1) is 11.1. The second kappa shape index (κ2) is 8.34. The van der Waals surface area contributed by atoms with Crippen molar-refractivity contribution in [3.05, 3.63) is 44.3 Å². The molecule has 1 aromatic heterocycles. The number of dihydropyridines is 1. The van der Waals surface area contributed by atoms with Crippen molar-refractivity contribution in [2.45, 2.75) is 26.7 Å². The fourth-order valence-electron chi connectivity index (χ4n) is 2.58. The normalized spacial score (nSPS) is 17.9. The molecule has 6 heteroatoms. The van der Waals surface area contributed by atoms with Gasteiger partial charge >= 0.3 is 0 Å². The van der Waals surface area contributed by atoms with Crippen molar-refractivity contribution in [1.29, 1.82) is 5.26 Å². The summed E-state index contributed by atoms with van der Waals surface area (Å²) in [6.45, 7) is 6.74. The van der Waals surface area contributed by atoms with Crippen LogP contribution in [0.3, 0.4) is 0 Å². The van der Waals surface area contributed by atoms with Crippen LogP contribution in [0, 0.1) is 11.3 Å². The number of ketones is 1. The van der Waals surface area contributed by atoms with Gasteiger partial charge in [0.05, 0.1) is 29.2 Å². The number of carbonyl (C=O) groups is 1. The van der Waals surface area contributed by atoms with Crippen LogP contribution >= 0.6 is 23.1 Å². The quantitative estimate of drug-likeness (QED) is 0.759. The predicted octanol–water partition coefficient (Wildman–Crippen LogP) is 3.80. The summed E-state index contributed by atoms with van der Waals surface area (Å²) in [4.78, 5) is 13.2. The molecule has 0 saturated carbocycles. The van der Waals surface area contributed by atoms with E-state index < -0.39 is 0 Å². The van der Waals surface area contributed by atoms with Gasteiger partial charge in [0.2, 0.25) is 0 Å². The van der Waals surface area contributed by atoms with E-state index in [9.17, 15) is 10.1 Å². The number of rotatable bonds is 7. The summed E-state index contributed by atoms with van der Waals surface area (Å²) < 4.78 is 5.36. The summed E-state index contributed by atoms with van der Waals surface area (Å²) in [5.74, 6) is 0.495. The third kappa shape index (κ3) is 4.05. The average Bonchev–Trinajstić information content (AvgIpc) is 3.04. The number of nitriles is 1. The summed E-state index contributed by atoms with van der Waals surface area (Å²) >= 11 is 3.14. The Bertz CT molecular complexity index is 669. The van der Waals surface area contributed by atoms with Crippen LogP contribution < -0.4 is 5.32 Å². The monoisotopic (exact) mass is 348 g/mol. The summed E-state index contributed by atoms with van der Waals surface area (Å²) in [6, 6.07) is 6.25. The van der Waals surface area contributed by atoms with Crippen LogP contribution in [0.5, 0.6) is 0 Å². The van der Waals surface area contributed by atoms with E-state index in [2.05, 4.69) is 11.4 Å². The third-order valence-electron chi connectivity index (χ3n) is 3.53. The molecule has 0 fully saturated rings. The maximum atomic E-state index is 12.1. The molecule has 0 aromatic carbocycles. The van der Waals surface area contributed by atoms with Crippen LogP contribution in [-0.2, 0) is 9.53 Å². The maximum Gasteiger partial charge on any atom is 0.158 e. The Morgan fingerprint density at radius 1 is 1.57 bits per heavy atom. The Labute approximate surface area is 145 Å². The van der Waals surface area contributed by atoms with E-state index in [1.54, 1.807) is 30.0 Å². The number of hydrogen-bond donors (Lipinski definition) is 1. The molecule has 4 nitrogen and oxygen atoms in total. The Morgan fingerprint density at radius 3 is 2.91 bits per heavy atom. The summed E-state index contributed by atoms with van der Waals surface area (Å²) in [7, 11) is 0. The molecular weight excluding hydrogens is 328 g/mol. The summed E-state index contributed by atoms with van der Waals surface area (Å²) in [5, 5.41) is 15.7. The number of Topliss-reactive ketones (excluding diaryl/α,β-unsaturated/α-hetero) is 1. The molecule has 1 atom stereocenters. The lowest BCUT2D eigenvalue weighted by atomic mass is 9.85. The molecular formula is C17H20N2O2S2. The number of thiophene rings is 1. The molecule has 0 radical (unpaired) electrons. The largest absolute Gasteiger partial charge is 0.381 e. The predicted molar refractivity (Wildman–Crippen MR) is 95.2 cm³/mol. The first-order valence-corrected chi connectivity index (χ1v) is 9.33. The van der Waals surface area contributed by atoms with Crippen LogP contribution in [0.15, 0.2) is 39.4 Å². The van der Waals surface area contributed by atoms with Gasteiger partial charge in [-0.05, 0) is 32.2 Å². The Balaban J connectivity index is 2.37. The zero-order valence-corrected chi connectivity index (χ0v) is 15.1. The maximum absolute atomic E-state index is 12.1. The minimum absolute atomic E-state index is 0.000448. The number of nitrogens with one attached hydrogen (secondary N) is 1. The average molecular weight is 348 g/mol. The number of thioether (sulfide) groups is 1. The SMILES string of the molecule is CCOCCSC1=C(C#N)[C@H](c2cccs2)C(C(C)=O)=C(C)N1. The van der Waals surface area contributed by atoms with Gasteiger partial charge in [0.15, 0.2) is 5.78 Å². The topological polar surface area (TPSA) is 62.1 Å². The number of nitrogens with zero attached hydrogens (tertiary/aromatic N) is 1. The molecule has 1 aliphatic heterocycles. The summed E-state index contributed by atoms with van der Waals surface area (Å²) in [5.41, 5.74) is 2.12. The van der Waals surface area contributed by atoms with Crippen molar-refractivity contribution in [2.24, 2.45) is 0 Å². The van der Waals surface area contributed by atoms with Crippen molar-refractivity contribution in [3.8, 4) is 6.07 Å². The van der Waals surface area contributed by atoms with Gasteiger partial charge in [-0.3, -0.25) is 4.79 Å². The van der Waals surface area contributed by atoms with Crippen molar-refractivity contribution < 1.29 is 9.53 Å². The highest BCUT2D eigenvalue weighted by atomic mass is 32.2. The lowest BCUT2D eigenvalue weighted by Crippen LogP contribution is -2.26.